The molecular formula is C13H22N4S2. The zero-order chi connectivity index (χ0) is 13.5. The highest BCUT2D eigenvalue weighted by molar-refractivity contribution is 8.00. The topological polar surface area (TPSA) is 54.5 Å². The molecule has 19 heavy (non-hydrogen) atoms. The number of thioether (sulfide) groups is 1. The summed E-state index contributed by atoms with van der Waals surface area (Å²) in [5.74, 6) is 2.52. The highest BCUT2D eigenvalue weighted by atomic mass is 32.2. The summed E-state index contributed by atoms with van der Waals surface area (Å²) in [5, 5.41) is 2.01. The Hall–Kier alpha value is -0.750. The third kappa shape index (κ3) is 5.03. The Morgan fingerprint density at radius 1 is 1.68 bits per heavy atom. The molecule has 106 valence electrons. The van der Waals surface area contributed by atoms with Crippen LogP contribution in [0.15, 0.2) is 20.9 Å². The lowest BCUT2D eigenvalue weighted by atomic mass is 10.0. The minimum atomic E-state index is 0.728. The zero-order valence-corrected chi connectivity index (χ0v) is 13.1. The number of piperidine rings is 1. The smallest absolute Gasteiger partial charge is 0.191 e. The Labute approximate surface area is 123 Å². The van der Waals surface area contributed by atoms with Crippen molar-refractivity contribution in [2.24, 2.45) is 16.6 Å². The van der Waals surface area contributed by atoms with Crippen LogP contribution < -0.4 is 5.73 Å². The predicted molar refractivity (Wildman–Crippen MR) is 83.9 cm³/mol. The fraction of sp³-hybridized carbons (Fsp3) is 0.692. The van der Waals surface area contributed by atoms with Crippen LogP contribution in [0.3, 0.4) is 0 Å². The lowest BCUT2D eigenvalue weighted by Crippen LogP contribution is -2.43. The average molecular weight is 298 g/mol. The molecule has 1 aromatic rings. The van der Waals surface area contributed by atoms with Gasteiger partial charge in [0.05, 0.1) is 0 Å². The molecule has 1 aromatic heterocycles. The van der Waals surface area contributed by atoms with Crippen molar-refractivity contribution in [3.63, 3.8) is 0 Å². The Balaban J connectivity index is 1.64. The summed E-state index contributed by atoms with van der Waals surface area (Å²) in [6, 6.07) is 0. The van der Waals surface area contributed by atoms with E-state index in [0.29, 0.717) is 0 Å². The van der Waals surface area contributed by atoms with Gasteiger partial charge in [0.1, 0.15) is 4.34 Å². The van der Waals surface area contributed by atoms with Gasteiger partial charge in [-0.2, -0.15) is 0 Å². The van der Waals surface area contributed by atoms with Gasteiger partial charge in [0.15, 0.2) is 5.96 Å². The molecule has 2 rings (SSSR count). The molecule has 1 fully saturated rings. The third-order valence-electron chi connectivity index (χ3n) is 3.19. The molecule has 0 spiro atoms. The second-order valence-electron chi connectivity index (χ2n) is 4.93. The van der Waals surface area contributed by atoms with Gasteiger partial charge in [-0.3, -0.25) is 4.99 Å². The fourth-order valence-electron chi connectivity index (χ4n) is 2.20. The van der Waals surface area contributed by atoms with E-state index < -0.39 is 0 Å². The molecule has 1 aliphatic heterocycles. The van der Waals surface area contributed by atoms with Gasteiger partial charge in [0.2, 0.25) is 0 Å². The van der Waals surface area contributed by atoms with Gasteiger partial charge in [0.25, 0.3) is 0 Å². The fourth-order valence-corrected chi connectivity index (χ4v) is 3.83. The minimum Gasteiger partial charge on any atom is -0.370 e. The molecule has 0 aliphatic carbocycles. The second kappa shape index (κ2) is 7.75. The molecule has 0 amide bonds. The number of hydrogen-bond acceptors (Lipinski definition) is 4. The van der Waals surface area contributed by atoms with Gasteiger partial charge < -0.3 is 10.6 Å². The summed E-state index contributed by atoms with van der Waals surface area (Å²) in [6.07, 6.45) is 5.44. The van der Waals surface area contributed by atoms with Gasteiger partial charge in [-0.1, -0.05) is 18.7 Å². The average Bonchev–Trinajstić information content (AvgIpc) is 2.91. The molecule has 1 unspecified atom stereocenters. The number of guanidine groups is 1. The van der Waals surface area contributed by atoms with E-state index in [1.807, 2.05) is 11.6 Å². The normalized spacial score (nSPS) is 20.8. The molecule has 0 bridgehead atoms. The van der Waals surface area contributed by atoms with E-state index in [-0.39, 0.29) is 0 Å². The molecule has 6 heteroatoms. The Morgan fingerprint density at radius 3 is 3.32 bits per heavy atom. The van der Waals surface area contributed by atoms with E-state index >= 15 is 0 Å². The van der Waals surface area contributed by atoms with Crippen LogP contribution in [0, 0.1) is 5.92 Å². The van der Waals surface area contributed by atoms with Crippen molar-refractivity contribution in [3.05, 3.63) is 11.6 Å². The lowest BCUT2D eigenvalue weighted by molar-refractivity contribution is 0.270. The van der Waals surface area contributed by atoms with Gasteiger partial charge in [-0.25, -0.2) is 4.98 Å². The Morgan fingerprint density at radius 2 is 2.58 bits per heavy atom. The molecule has 0 aromatic carbocycles. The summed E-state index contributed by atoms with van der Waals surface area (Å²) in [4.78, 5) is 11.0. The van der Waals surface area contributed by atoms with Crippen LogP contribution >= 0.6 is 23.1 Å². The summed E-state index contributed by atoms with van der Waals surface area (Å²) >= 11 is 3.49. The standard InChI is InChI=1S/C13H22N4S2/c1-11-4-2-7-17(10-11)12(14)15-5-3-8-18-13-16-6-9-19-13/h6,9,11H,2-5,7-8,10H2,1H3,(H2,14,15). The summed E-state index contributed by atoms with van der Waals surface area (Å²) < 4.78 is 1.14. The molecule has 0 radical (unpaired) electrons. The van der Waals surface area contributed by atoms with Crippen LogP contribution in [0.5, 0.6) is 0 Å². The maximum absolute atomic E-state index is 6.05. The number of likely N-dealkylation sites (tertiary alicyclic amines) is 1. The van der Waals surface area contributed by atoms with Crippen LogP contribution in [-0.2, 0) is 0 Å². The van der Waals surface area contributed by atoms with Gasteiger partial charge in [-0.05, 0) is 25.2 Å². The quantitative estimate of drug-likeness (QED) is 0.393. The van der Waals surface area contributed by atoms with Crippen molar-refractivity contribution in [2.75, 3.05) is 25.4 Å². The number of aliphatic imine (C=N–C) groups is 1. The maximum Gasteiger partial charge on any atom is 0.191 e. The van der Waals surface area contributed by atoms with Gasteiger partial charge >= 0.3 is 0 Å². The molecule has 0 saturated carbocycles. The van der Waals surface area contributed by atoms with Crippen LogP contribution in [0.4, 0.5) is 0 Å². The number of thiazole rings is 1. The first kappa shape index (κ1) is 14.7. The molecule has 2 N–H and O–H groups in total. The molecule has 2 heterocycles. The molecule has 4 nitrogen and oxygen atoms in total. The highest BCUT2D eigenvalue weighted by Gasteiger charge is 2.17. The monoisotopic (exact) mass is 298 g/mol. The summed E-state index contributed by atoms with van der Waals surface area (Å²) in [5.41, 5.74) is 6.05. The molecular weight excluding hydrogens is 276 g/mol. The molecule has 1 atom stereocenters. The first-order valence-corrected chi connectivity index (χ1v) is 8.69. The molecule has 1 saturated heterocycles. The van der Waals surface area contributed by atoms with E-state index in [4.69, 9.17) is 5.73 Å². The van der Waals surface area contributed by atoms with E-state index in [0.717, 1.165) is 48.0 Å². The SMILES string of the molecule is CC1CCCN(C(N)=NCCCSc2nccs2)C1. The van der Waals surface area contributed by atoms with Crippen molar-refractivity contribution in [3.8, 4) is 0 Å². The van der Waals surface area contributed by atoms with Crippen LogP contribution in [0.25, 0.3) is 0 Å². The van der Waals surface area contributed by atoms with Crippen LogP contribution in [0.1, 0.15) is 26.2 Å². The van der Waals surface area contributed by atoms with Crippen molar-refractivity contribution in [1.29, 1.82) is 0 Å². The Kier molecular flexibility index (Phi) is 5.97. The minimum absolute atomic E-state index is 0.728. The molecule has 1 aliphatic rings. The first-order chi connectivity index (χ1) is 9.25. The lowest BCUT2D eigenvalue weighted by Gasteiger charge is -2.31. The van der Waals surface area contributed by atoms with E-state index in [1.54, 1.807) is 23.1 Å². The van der Waals surface area contributed by atoms with Crippen molar-refractivity contribution >= 4 is 29.1 Å². The van der Waals surface area contributed by atoms with Gasteiger partial charge in [-0.15, -0.1) is 11.3 Å². The van der Waals surface area contributed by atoms with Crippen LogP contribution in [0.2, 0.25) is 0 Å². The summed E-state index contributed by atoms with van der Waals surface area (Å²) in [6.45, 7) is 5.22. The highest BCUT2D eigenvalue weighted by Crippen LogP contribution is 2.20. The van der Waals surface area contributed by atoms with Crippen molar-refractivity contribution in [2.45, 2.75) is 30.5 Å². The number of nitrogens with zero attached hydrogens (tertiary/aromatic N) is 3. The van der Waals surface area contributed by atoms with Crippen molar-refractivity contribution < 1.29 is 0 Å². The predicted octanol–water partition coefficient (Wildman–Crippen LogP) is 2.67. The third-order valence-corrected chi connectivity index (χ3v) is 5.24. The van der Waals surface area contributed by atoms with E-state index in [9.17, 15) is 0 Å². The largest absolute Gasteiger partial charge is 0.370 e. The van der Waals surface area contributed by atoms with Crippen molar-refractivity contribution in [1.82, 2.24) is 9.88 Å². The first-order valence-electron chi connectivity index (χ1n) is 6.83. The van der Waals surface area contributed by atoms with E-state index in [1.165, 1.54) is 12.8 Å². The second-order valence-corrected chi connectivity index (χ2v) is 7.17. The maximum atomic E-state index is 6.05. The number of nitrogens with two attached hydrogens (primary N) is 1. The number of aromatic nitrogens is 1. The van der Waals surface area contributed by atoms with Crippen LogP contribution in [-0.4, -0.2) is 41.2 Å². The number of rotatable bonds is 5. The van der Waals surface area contributed by atoms with E-state index in [2.05, 4.69) is 21.8 Å². The van der Waals surface area contributed by atoms with Gasteiger partial charge in [0, 0.05) is 37.0 Å². The Bertz CT molecular complexity index is 391. The number of hydrogen-bond donors (Lipinski definition) is 1. The summed E-state index contributed by atoms with van der Waals surface area (Å²) in [7, 11) is 0. The zero-order valence-electron chi connectivity index (χ0n) is 11.4.